The van der Waals surface area contributed by atoms with Crippen LogP contribution in [0.15, 0.2) is 54.6 Å². The number of carbonyl (C=O) groups is 1. The Balaban J connectivity index is 1.93. The highest BCUT2D eigenvalue weighted by atomic mass is 16.6. The number of anilines is 1. The second kappa shape index (κ2) is 6.05. The smallest absolute Gasteiger partial charge is 0.412 e. The molecule has 0 aliphatic rings. The van der Waals surface area contributed by atoms with Gasteiger partial charge >= 0.3 is 6.09 Å². The van der Waals surface area contributed by atoms with Gasteiger partial charge in [-0.05, 0) is 31.5 Å². The van der Waals surface area contributed by atoms with Gasteiger partial charge in [0, 0.05) is 5.69 Å². The van der Waals surface area contributed by atoms with E-state index in [2.05, 4.69) is 5.32 Å². The van der Waals surface area contributed by atoms with Crippen LogP contribution < -0.4 is 5.32 Å². The Morgan fingerprint density at radius 3 is 2.32 bits per heavy atom. The first-order chi connectivity index (χ1) is 9.15. The number of hydrogen-bond acceptors (Lipinski definition) is 2. The van der Waals surface area contributed by atoms with Crippen LogP contribution in [0.1, 0.15) is 24.2 Å². The molecule has 1 amide bonds. The third-order valence-corrected chi connectivity index (χ3v) is 2.85. The van der Waals surface area contributed by atoms with Crippen LogP contribution in [-0.4, -0.2) is 6.09 Å². The van der Waals surface area contributed by atoms with Crippen molar-refractivity contribution in [3.8, 4) is 0 Å². The summed E-state index contributed by atoms with van der Waals surface area (Å²) in [6.07, 6.45) is -0.719. The zero-order valence-corrected chi connectivity index (χ0v) is 11.1. The van der Waals surface area contributed by atoms with E-state index in [-0.39, 0.29) is 6.10 Å². The Labute approximate surface area is 113 Å². The Morgan fingerprint density at radius 1 is 1.05 bits per heavy atom. The number of para-hydroxylation sites is 1. The Morgan fingerprint density at radius 2 is 1.68 bits per heavy atom. The van der Waals surface area contributed by atoms with Crippen molar-refractivity contribution < 1.29 is 9.53 Å². The van der Waals surface area contributed by atoms with E-state index >= 15 is 0 Å². The quantitative estimate of drug-likeness (QED) is 0.887. The lowest BCUT2D eigenvalue weighted by molar-refractivity contribution is 0.121. The molecule has 3 nitrogen and oxygen atoms in total. The second-order valence-corrected chi connectivity index (χ2v) is 4.45. The molecule has 0 heterocycles. The first-order valence-corrected chi connectivity index (χ1v) is 6.24. The average Bonchev–Trinajstić information content (AvgIpc) is 2.40. The molecule has 98 valence electrons. The van der Waals surface area contributed by atoms with Gasteiger partial charge < -0.3 is 4.74 Å². The molecule has 0 fully saturated rings. The lowest BCUT2D eigenvalue weighted by Gasteiger charge is -2.14. The van der Waals surface area contributed by atoms with Crippen molar-refractivity contribution in [2.24, 2.45) is 0 Å². The highest BCUT2D eigenvalue weighted by Gasteiger charge is 2.11. The zero-order chi connectivity index (χ0) is 13.7. The summed E-state index contributed by atoms with van der Waals surface area (Å²) in [6.45, 7) is 3.88. The van der Waals surface area contributed by atoms with Gasteiger partial charge in [-0.1, -0.05) is 48.0 Å². The molecule has 1 N–H and O–H groups in total. The molecule has 0 aliphatic carbocycles. The van der Waals surface area contributed by atoms with E-state index in [1.807, 2.05) is 68.4 Å². The van der Waals surface area contributed by atoms with E-state index in [0.29, 0.717) is 0 Å². The van der Waals surface area contributed by atoms with Crippen LogP contribution in [0.3, 0.4) is 0 Å². The first-order valence-electron chi connectivity index (χ1n) is 6.24. The average molecular weight is 255 g/mol. The fraction of sp³-hybridized carbons (Fsp3) is 0.188. The van der Waals surface area contributed by atoms with Crippen molar-refractivity contribution in [2.45, 2.75) is 20.0 Å². The number of rotatable bonds is 3. The van der Waals surface area contributed by atoms with Gasteiger partial charge in [-0.3, -0.25) is 5.32 Å². The molecule has 3 heteroatoms. The molecular formula is C16H17NO2. The minimum absolute atomic E-state index is 0.274. The SMILES string of the molecule is Cc1ccc(C(C)OC(=O)Nc2ccccc2)cc1. The fourth-order valence-corrected chi connectivity index (χ4v) is 1.73. The third kappa shape index (κ3) is 3.85. The normalized spacial score (nSPS) is 11.7. The number of benzene rings is 2. The van der Waals surface area contributed by atoms with Gasteiger partial charge in [0.15, 0.2) is 0 Å². The minimum atomic E-state index is -0.445. The van der Waals surface area contributed by atoms with Crippen molar-refractivity contribution in [3.63, 3.8) is 0 Å². The van der Waals surface area contributed by atoms with Gasteiger partial charge in [0.2, 0.25) is 0 Å². The number of ether oxygens (including phenoxy) is 1. The van der Waals surface area contributed by atoms with Gasteiger partial charge in [0.05, 0.1) is 0 Å². The molecule has 0 bridgehead atoms. The summed E-state index contributed by atoms with van der Waals surface area (Å²) < 4.78 is 5.33. The topological polar surface area (TPSA) is 38.3 Å². The third-order valence-electron chi connectivity index (χ3n) is 2.85. The lowest BCUT2D eigenvalue weighted by Crippen LogP contribution is -2.15. The van der Waals surface area contributed by atoms with Gasteiger partial charge in [-0.15, -0.1) is 0 Å². The van der Waals surface area contributed by atoms with Gasteiger partial charge in [-0.25, -0.2) is 4.79 Å². The molecular weight excluding hydrogens is 238 g/mol. The molecule has 2 aromatic carbocycles. The molecule has 0 radical (unpaired) electrons. The second-order valence-electron chi connectivity index (χ2n) is 4.45. The monoisotopic (exact) mass is 255 g/mol. The standard InChI is InChI=1S/C16H17NO2/c1-12-8-10-14(11-9-12)13(2)19-16(18)17-15-6-4-3-5-7-15/h3-11,13H,1-2H3,(H,17,18). The van der Waals surface area contributed by atoms with Crippen LogP contribution in [0.5, 0.6) is 0 Å². The molecule has 0 aromatic heterocycles. The van der Waals surface area contributed by atoms with Crippen LogP contribution in [0.4, 0.5) is 10.5 Å². The number of hydrogen-bond donors (Lipinski definition) is 1. The molecule has 0 saturated carbocycles. The van der Waals surface area contributed by atoms with Crippen molar-refractivity contribution in [3.05, 3.63) is 65.7 Å². The molecule has 19 heavy (non-hydrogen) atoms. The molecule has 0 saturated heterocycles. The van der Waals surface area contributed by atoms with Crippen LogP contribution in [0, 0.1) is 6.92 Å². The molecule has 1 unspecified atom stereocenters. The predicted octanol–water partition coefficient (Wildman–Crippen LogP) is 4.30. The van der Waals surface area contributed by atoms with Crippen molar-refractivity contribution >= 4 is 11.8 Å². The van der Waals surface area contributed by atoms with E-state index in [1.54, 1.807) is 0 Å². The van der Waals surface area contributed by atoms with Crippen molar-refractivity contribution in [2.75, 3.05) is 5.32 Å². The van der Waals surface area contributed by atoms with Crippen molar-refractivity contribution in [1.29, 1.82) is 0 Å². The van der Waals surface area contributed by atoms with Crippen LogP contribution in [-0.2, 0) is 4.74 Å². The minimum Gasteiger partial charge on any atom is -0.441 e. The highest BCUT2D eigenvalue weighted by Crippen LogP contribution is 2.18. The largest absolute Gasteiger partial charge is 0.441 e. The van der Waals surface area contributed by atoms with Crippen molar-refractivity contribution in [1.82, 2.24) is 0 Å². The maximum atomic E-state index is 11.7. The maximum absolute atomic E-state index is 11.7. The lowest BCUT2D eigenvalue weighted by atomic mass is 10.1. The summed E-state index contributed by atoms with van der Waals surface area (Å²) in [7, 11) is 0. The van der Waals surface area contributed by atoms with Crippen LogP contribution in [0.2, 0.25) is 0 Å². The Kier molecular flexibility index (Phi) is 4.18. The fourth-order valence-electron chi connectivity index (χ4n) is 1.73. The van der Waals surface area contributed by atoms with E-state index in [1.165, 1.54) is 5.56 Å². The first kappa shape index (κ1) is 13.1. The number of amides is 1. The Hall–Kier alpha value is -2.29. The highest BCUT2D eigenvalue weighted by molar-refractivity contribution is 5.84. The molecule has 2 rings (SSSR count). The Bertz CT molecular complexity index is 534. The maximum Gasteiger partial charge on any atom is 0.412 e. The van der Waals surface area contributed by atoms with E-state index in [9.17, 15) is 4.79 Å². The summed E-state index contributed by atoms with van der Waals surface area (Å²) in [5.74, 6) is 0. The van der Waals surface area contributed by atoms with Crippen LogP contribution >= 0.6 is 0 Å². The van der Waals surface area contributed by atoms with E-state index < -0.39 is 6.09 Å². The summed E-state index contributed by atoms with van der Waals surface area (Å²) in [5, 5.41) is 2.69. The molecule has 1 atom stereocenters. The summed E-state index contributed by atoms with van der Waals surface area (Å²) in [5.41, 5.74) is 2.89. The zero-order valence-electron chi connectivity index (χ0n) is 11.1. The number of carbonyl (C=O) groups excluding carboxylic acids is 1. The number of nitrogens with one attached hydrogen (secondary N) is 1. The van der Waals surface area contributed by atoms with E-state index in [4.69, 9.17) is 4.74 Å². The van der Waals surface area contributed by atoms with Gasteiger partial charge in [0.25, 0.3) is 0 Å². The summed E-state index contributed by atoms with van der Waals surface area (Å²) in [6, 6.07) is 17.2. The van der Waals surface area contributed by atoms with E-state index in [0.717, 1.165) is 11.3 Å². The summed E-state index contributed by atoms with van der Waals surface area (Å²) in [4.78, 5) is 11.7. The molecule has 0 spiro atoms. The van der Waals surface area contributed by atoms with Crippen LogP contribution in [0.25, 0.3) is 0 Å². The summed E-state index contributed by atoms with van der Waals surface area (Å²) >= 11 is 0. The predicted molar refractivity (Wildman–Crippen MR) is 76.1 cm³/mol. The van der Waals surface area contributed by atoms with Gasteiger partial charge in [0.1, 0.15) is 6.10 Å². The molecule has 2 aromatic rings. The number of aryl methyl sites for hydroxylation is 1. The van der Waals surface area contributed by atoms with Gasteiger partial charge in [-0.2, -0.15) is 0 Å². The molecule has 0 aliphatic heterocycles.